The van der Waals surface area contributed by atoms with Crippen LogP contribution < -0.4 is 10.8 Å². The quantitative estimate of drug-likeness (QED) is 0.523. The first kappa shape index (κ1) is 16.3. The van der Waals surface area contributed by atoms with Gasteiger partial charge in [0.25, 0.3) is 5.69 Å². The molecule has 1 heterocycles. The third-order valence-corrected chi connectivity index (χ3v) is 3.14. The summed E-state index contributed by atoms with van der Waals surface area (Å²) in [6, 6.07) is 2.17. The van der Waals surface area contributed by atoms with E-state index >= 15 is 0 Å². The van der Waals surface area contributed by atoms with Crippen molar-refractivity contribution < 1.29 is 27.6 Å². The number of carbonyl (C=O) groups is 1. The Kier molecular flexibility index (Phi) is 4.41. The SMILES string of the molecule is [B]c1cc(C2CCCO2)c(NC(=O)C(F)(F)F)c([N+](=O)[O-])c1. The minimum Gasteiger partial charge on any atom is -0.373 e. The molecule has 0 spiro atoms. The Bertz CT molecular complexity index is 615. The molecule has 1 atom stereocenters. The second-order valence-corrected chi connectivity index (χ2v) is 4.71. The highest BCUT2D eigenvalue weighted by Crippen LogP contribution is 2.38. The number of ether oxygens (including phenoxy) is 1. The molecule has 0 aromatic heterocycles. The van der Waals surface area contributed by atoms with Crippen LogP contribution in [0.1, 0.15) is 24.5 Å². The summed E-state index contributed by atoms with van der Waals surface area (Å²) in [5, 5.41) is 12.6. The average Bonchev–Trinajstić information content (AvgIpc) is 2.92. The van der Waals surface area contributed by atoms with Crippen LogP contribution in [0, 0.1) is 10.1 Å². The standard InChI is InChI=1S/C12H10BF3N2O4/c13-6-4-7(9-2-1-3-22-9)10(8(5-6)18(20)21)17-11(19)12(14,15)16/h4-5,9H,1-3H2,(H,17,19). The van der Waals surface area contributed by atoms with Crippen LogP contribution >= 0.6 is 0 Å². The van der Waals surface area contributed by atoms with Crippen molar-refractivity contribution in [2.75, 3.05) is 11.9 Å². The fourth-order valence-corrected chi connectivity index (χ4v) is 2.21. The topological polar surface area (TPSA) is 81.5 Å². The van der Waals surface area contributed by atoms with Crippen LogP contribution in [-0.4, -0.2) is 31.5 Å². The number of alkyl halides is 3. The maximum Gasteiger partial charge on any atom is 0.471 e. The number of carbonyl (C=O) groups excluding carboxylic acids is 1. The van der Waals surface area contributed by atoms with Gasteiger partial charge in [-0.15, -0.1) is 0 Å². The monoisotopic (exact) mass is 314 g/mol. The molecule has 1 aromatic rings. The number of nitrogens with zero attached hydrogens (tertiary/aromatic N) is 1. The second kappa shape index (κ2) is 5.95. The van der Waals surface area contributed by atoms with Gasteiger partial charge in [-0.3, -0.25) is 14.9 Å². The van der Waals surface area contributed by atoms with Gasteiger partial charge in [0, 0.05) is 18.2 Å². The Morgan fingerprint density at radius 2 is 2.14 bits per heavy atom. The molecule has 6 nitrogen and oxygen atoms in total. The first-order chi connectivity index (χ1) is 10.2. The van der Waals surface area contributed by atoms with Crippen LogP contribution in [0.4, 0.5) is 24.5 Å². The zero-order valence-corrected chi connectivity index (χ0v) is 11.1. The Morgan fingerprint density at radius 1 is 1.45 bits per heavy atom. The number of nitro groups is 1. The Hall–Kier alpha value is -2.10. The fourth-order valence-electron chi connectivity index (χ4n) is 2.21. The van der Waals surface area contributed by atoms with E-state index < -0.39 is 34.5 Å². The number of halogens is 3. The number of hydrogen-bond acceptors (Lipinski definition) is 4. The van der Waals surface area contributed by atoms with E-state index in [1.807, 2.05) is 0 Å². The molecule has 2 rings (SSSR count). The molecule has 0 bridgehead atoms. The van der Waals surface area contributed by atoms with Crippen LogP contribution in [0.15, 0.2) is 12.1 Å². The summed E-state index contributed by atoms with van der Waals surface area (Å²) in [7, 11) is 5.56. The molecule has 1 aliphatic heterocycles. The zero-order chi connectivity index (χ0) is 16.5. The van der Waals surface area contributed by atoms with E-state index in [1.54, 1.807) is 5.32 Å². The molecule has 0 aliphatic carbocycles. The van der Waals surface area contributed by atoms with Crippen LogP contribution in [0.3, 0.4) is 0 Å². The summed E-state index contributed by atoms with van der Waals surface area (Å²) in [5.74, 6) is -2.29. The molecular weight excluding hydrogens is 304 g/mol. The third kappa shape index (κ3) is 3.38. The predicted molar refractivity (Wildman–Crippen MR) is 71.1 cm³/mol. The molecule has 1 fully saturated rings. The first-order valence-corrected chi connectivity index (χ1v) is 6.27. The highest BCUT2D eigenvalue weighted by molar-refractivity contribution is 6.33. The van der Waals surface area contributed by atoms with Crippen LogP contribution in [-0.2, 0) is 9.53 Å². The van der Waals surface area contributed by atoms with Gasteiger partial charge in [-0.1, -0.05) is 11.5 Å². The van der Waals surface area contributed by atoms with Gasteiger partial charge < -0.3 is 10.1 Å². The highest BCUT2D eigenvalue weighted by Gasteiger charge is 2.40. The van der Waals surface area contributed by atoms with E-state index in [9.17, 15) is 28.1 Å². The van der Waals surface area contributed by atoms with Gasteiger partial charge in [-0.2, -0.15) is 13.2 Å². The van der Waals surface area contributed by atoms with E-state index in [4.69, 9.17) is 12.6 Å². The van der Waals surface area contributed by atoms with Crippen molar-refractivity contribution in [1.29, 1.82) is 0 Å². The first-order valence-electron chi connectivity index (χ1n) is 6.27. The number of hydrogen-bond donors (Lipinski definition) is 1. The summed E-state index contributed by atoms with van der Waals surface area (Å²) in [5.41, 5.74) is -1.17. The number of rotatable bonds is 3. The lowest BCUT2D eigenvalue weighted by Gasteiger charge is -2.17. The van der Waals surface area contributed by atoms with Crippen LogP contribution in [0.25, 0.3) is 0 Å². The van der Waals surface area contributed by atoms with E-state index in [0.717, 1.165) is 6.07 Å². The van der Waals surface area contributed by atoms with Crippen molar-refractivity contribution in [3.8, 4) is 0 Å². The molecule has 2 radical (unpaired) electrons. The minimum absolute atomic E-state index is 0.00204. The Morgan fingerprint density at radius 3 is 2.64 bits per heavy atom. The van der Waals surface area contributed by atoms with Crippen molar-refractivity contribution >= 4 is 30.6 Å². The number of amides is 1. The predicted octanol–water partition coefficient (Wildman–Crippen LogP) is 1.74. The van der Waals surface area contributed by atoms with Crippen LogP contribution in [0.2, 0.25) is 0 Å². The molecule has 1 N–H and O–H groups in total. The molecule has 1 unspecified atom stereocenters. The number of benzene rings is 1. The normalized spacial score (nSPS) is 18.2. The van der Waals surface area contributed by atoms with E-state index in [-0.39, 0.29) is 11.0 Å². The third-order valence-electron chi connectivity index (χ3n) is 3.14. The van der Waals surface area contributed by atoms with Gasteiger partial charge in [-0.05, 0) is 12.8 Å². The average molecular weight is 314 g/mol. The Labute approximate surface area is 124 Å². The Balaban J connectivity index is 2.51. The molecule has 116 valence electrons. The molecule has 1 aliphatic rings. The van der Waals surface area contributed by atoms with E-state index in [0.29, 0.717) is 19.4 Å². The largest absolute Gasteiger partial charge is 0.471 e. The highest BCUT2D eigenvalue weighted by atomic mass is 19.4. The second-order valence-electron chi connectivity index (χ2n) is 4.71. The molecule has 22 heavy (non-hydrogen) atoms. The summed E-state index contributed by atoms with van der Waals surface area (Å²) >= 11 is 0. The van der Waals surface area contributed by atoms with Gasteiger partial charge in [-0.25, -0.2) is 0 Å². The minimum atomic E-state index is -5.16. The zero-order valence-electron chi connectivity index (χ0n) is 11.1. The van der Waals surface area contributed by atoms with Crippen molar-refractivity contribution in [2.45, 2.75) is 25.1 Å². The van der Waals surface area contributed by atoms with Gasteiger partial charge in [0.2, 0.25) is 0 Å². The van der Waals surface area contributed by atoms with Crippen molar-refractivity contribution in [1.82, 2.24) is 0 Å². The summed E-state index contributed by atoms with van der Waals surface area (Å²) in [6.45, 7) is 0.375. The smallest absolute Gasteiger partial charge is 0.373 e. The summed E-state index contributed by atoms with van der Waals surface area (Å²) in [6.07, 6.45) is -4.69. The lowest BCUT2D eigenvalue weighted by atomic mass is 9.90. The van der Waals surface area contributed by atoms with E-state index in [1.165, 1.54) is 6.07 Å². The summed E-state index contributed by atoms with van der Waals surface area (Å²) in [4.78, 5) is 21.3. The summed E-state index contributed by atoms with van der Waals surface area (Å²) < 4.78 is 42.6. The van der Waals surface area contributed by atoms with Crippen molar-refractivity contribution in [2.24, 2.45) is 0 Å². The molecule has 1 aromatic carbocycles. The number of anilines is 1. The maximum absolute atomic E-state index is 12.4. The van der Waals surface area contributed by atoms with Gasteiger partial charge in [0.15, 0.2) is 0 Å². The van der Waals surface area contributed by atoms with Gasteiger partial charge in [0.1, 0.15) is 13.5 Å². The van der Waals surface area contributed by atoms with Gasteiger partial charge >= 0.3 is 12.1 Å². The molecule has 1 amide bonds. The van der Waals surface area contributed by atoms with Gasteiger partial charge in [0.05, 0.1) is 11.0 Å². The number of nitrogens with one attached hydrogen (secondary N) is 1. The lowest BCUT2D eigenvalue weighted by molar-refractivity contribution is -0.383. The molecule has 1 saturated heterocycles. The van der Waals surface area contributed by atoms with Crippen molar-refractivity contribution in [3.05, 3.63) is 27.8 Å². The maximum atomic E-state index is 12.4. The molecule has 0 saturated carbocycles. The van der Waals surface area contributed by atoms with Crippen LogP contribution in [0.5, 0.6) is 0 Å². The number of nitro benzene ring substituents is 1. The fraction of sp³-hybridized carbons (Fsp3) is 0.417. The van der Waals surface area contributed by atoms with Crippen molar-refractivity contribution in [3.63, 3.8) is 0 Å². The molecular formula is C12H10BF3N2O4. The lowest BCUT2D eigenvalue weighted by Crippen LogP contribution is -2.31. The molecule has 10 heteroatoms. The van der Waals surface area contributed by atoms with E-state index in [2.05, 4.69) is 0 Å².